The van der Waals surface area contributed by atoms with E-state index < -0.39 is 6.04 Å². The van der Waals surface area contributed by atoms with Crippen LogP contribution < -0.4 is 5.32 Å². The molecule has 2 unspecified atom stereocenters. The molecule has 4 heteroatoms. The summed E-state index contributed by atoms with van der Waals surface area (Å²) in [5.74, 6) is 0.0297. The standard InChI is InChI=1S/C13H24N2O2/c1-6-7-15-9(2)8-10(16)14-11(12(15)17)13(3,4)5/h9,11H,6-8H2,1-5H3,(H,14,16). The molecule has 0 aromatic carbocycles. The third-order valence-corrected chi connectivity index (χ3v) is 3.18. The lowest BCUT2D eigenvalue weighted by Gasteiger charge is -2.34. The number of carbonyl (C=O) groups excluding carboxylic acids is 2. The van der Waals surface area contributed by atoms with Crippen LogP contribution in [0.5, 0.6) is 0 Å². The van der Waals surface area contributed by atoms with E-state index in [2.05, 4.69) is 5.32 Å². The molecule has 0 spiro atoms. The van der Waals surface area contributed by atoms with Crippen LogP contribution in [-0.2, 0) is 9.59 Å². The van der Waals surface area contributed by atoms with Gasteiger partial charge in [-0.05, 0) is 18.8 Å². The highest BCUT2D eigenvalue weighted by atomic mass is 16.2. The zero-order valence-electron chi connectivity index (χ0n) is 11.5. The van der Waals surface area contributed by atoms with Gasteiger partial charge in [-0.2, -0.15) is 0 Å². The summed E-state index contributed by atoms with van der Waals surface area (Å²) in [4.78, 5) is 26.0. The van der Waals surface area contributed by atoms with Crippen LogP contribution in [0.25, 0.3) is 0 Å². The number of nitrogens with one attached hydrogen (secondary N) is 1. The lowest BCUT2D eigenvalue weighted by Crippen LogP contribution is -2.52. The van der Waals surface area contributed by atoms with Gasteiger partial charge < -0.3 is 10.2 Å². The molecule has 17 heavy (non-hydrogen) atoms. The second-order valence-electron chi connectivity index (χ2n) is 5.95. The second kappa shape index (κ2) is 5.07. The maximum Gasteiger partial charge on any atom is 0.245 e. The smallest absolute Gasteiger partial charge is 0.245 e. The Labute approximate surface area is 104 Å². The topological polar surface area (TPSA) is 49.4 Å². The van der Waals surface area contributed by atoms with E-state index in [9.17, 15) is 9.59 Å². The number of nitrogens with zero attached hydrogens (tertiary/aromatic N) is 1. The molecule has 98 valence electrons. The molecule has 0 bridgehead atoms. The lowest BCUT2D eigenvalue weighted by atomic mass is 9.86. The molecular formula is C13H24N2O2. The zero-order chi connectivity index (χ0) is 13.2. The normalized spacial score (nSPS) is 26.8. The zero-order valence-corrected chi connectivity index (χ0v) is 11.5. The molecule has 0 saturated carbocycles. The lowest BCUT2D eigenvalue weighted by molar-refractivity contribution is -0.137. The van der Waals surface area contributed by atoms with Crippen molar-refractivity contribution in [1.29, 1.82) is 0 Å². The largest absolute Gasteiger partial charge is 0.344 e. The Morgan fingerprint density at radius 1 is 1.35 bits per heavy atom. The van der Waals surface area contributed by atoms with Crippen LogP contribution in [0.2, 0.25) is 0 Å². The Hall–Kier alpha value is -1.06. The maximum atomic E-state index is 12.4. The third kappa shape index (κ3) is 3.20. The number of hydrogen-bond acceptors (Lipinski definition) is 2. The summed E-state index contributed by atoms with van der Waals surface area (Å²) in [6, 6.07) is -0.415. The molecular weight excluding hydrogens is 216 g/mol. The van der Waals surface area contributed by atoms with Gasteiger partial charge >= 0.3 is 0 Å². The van der Waals surface area contributed by atoms with Crippen LogP contribution >= 0.6 is 0 Å². The molecule has 1 aliphatic rings. The van der Waals surface area contributed by atoms with Gasteiger partial charge in [-0.3, -0.25) is 9.59 Å². The molecule has 2 atom stereocenters. The summed E-state index contributed by atoms with van der Waals surface area (Å²) < 4.78 is 0. The van der Waals surface area contributed by atoms with E-state index in [0.29, 0.717) is 6.42 Å². The highest BCUT2D eigenvalue weighted by molar-refractivity contribution is 5.91. The van der Waals surface area contributed by atoms with Gasteiger partial charge in [-0.15, -0.1) is 0 Å². The molecule has 2 amide bonds. The third-order valence-electron chi connectivity index (χ3n) is 3.18. The molecule has 0 radical (unpaired) electrons. The Balaban J connectivity index is 3.00. The van der Waals surface area contributed by atoms with E-state index in [1.165, 1.54) is 0 Å². The van der Waals surface area contributed by atoms with Crippen molar-refractivity contribution in [3.8, 4) is 0 Å². The van der Waals surface area contributed by atoms with Crippen molar-refractivity contribution in [3.05, 3.63) is 0 Å². The molecule has 0 aromatic rings. The van der Waals surface area contributed by atoms with Gasteiger partial charge in [-0.1, -0.05) is 27.7 Å². The second-order valence-corrected chi connectivity index (χ2v) is 5.95. The van der Waals surface area contributed by atoms with E-state index in [-0.39, 0.29) is 23.3 Å². The van der Waals surface area contributed by atoms with Gasteiger partial charge in [0.1, 0.15) is 6.04 Å². The van der Waals surface area contributed by atoms with Crippen LogP contribution in [0.3, 0.4) is 0 Å². The average Bonchev–Trinajstić information content (AvgIpc) is 2.28. The minimum absolute atomic E-state index is 0.00481. The molecule has 1 aliphatic heterocycles. The summed E-state index contributed by atoms with van der Waals surface area (Å²) in [6.45, 7) is 10.7. The predicted octanol–water partition coefficient (Wildman–Crippen LogP) is 1.55. The van der Waals surface area contributed by atoms with Gasteiger partial charge in [0.2, 0.25) is 11.8 Å². The van der Waals surface area contributed by atoms with Gasteiger partial charge in [0.15, 0.2) is 0 Å². The quantitative estimate of drug-likeness (QED) is 0.796. The first-order valence-corrected chi connectivity index (χ1v) is 6.37. The Morgan fingerprint density at radius 2 is 1.94 bits per heavy atom. The van der Waals surface area contributed by atoms with E-state index in [0.717, 1.165) is 13.0 Å². The SMILES string of the molecule is CCCN1C(=O)C(C(C)(C)C)NC(=O)CC1C. The number of carbonyl (C=O) groups is 2. The number of hydrogen-bond donors (Lipinski definition) is 1. The van der Waals surface area contributed by atoms with Crippen molar-refractivity contribution < 1.29 is 9.59 Å². The van der Waals surface area contributed by atoms with E-state index in [1.54, 1.807) is 0 Å². The van der Waals surface area contributed by atoms with Crippen molar-refractivity contribution in [2.24, 2.45) is 5.41 Å². The molecule has 1 saturated heterocycles. The Bertz CT molecular complexity index is 307. The van der Waals surface area contributed by atoms with Gasteiger partial charge in [0.25, 0.3) is 0 Å². The maximum absolute atomic E-state index is 12.4. The molecule has 1 heterocycles. The summed E-state index contributed by atoms with van der Waals surface area (Å²) >= 11 is 0. The van der Waals surface area contributed by atoms with Crippen LogP contribution in [0.1, 0.15) is 47.5 Å². The molecule has 0 aromatic heterocycles. The number of amides is 2. The van der Waals surface area contributed by atoms with Gasteiger partial charge in [0, 0.05) is 19.0 Å². The first kappa shape index (κ1) is 14.0. The van der Waals surface area contributed by atoms with Crippen molar-refractivity contribution >= 4 is 11.8 Å². The van der Waals surface area contributed by atoms with E-state index >= 15 is 0 Å². The van der Waals surface area contributed by atoms with Crippen molar-refractivity contribution in [1.82, 2.24) is 10.2 Å². The fourth-order valence-electron chi connectivity index (χ4n) is 2.20. The van der Waals surface area contributed by atoms with Crippen molar-refractivity contribution in [2.75, 3.05) is 6.54 Å². The highest BCUT2D eigenvalue weighted by Gasteiger charge is 2.39. The molecule has 1 N–H and O–H groups in total. The minimum Gasteiger partial charge on any atom is -0.344 e. The van der Waals surface area contributed by atoms with Crippen LogP contribution in [0.4, 0.5) is 0 Å². The minimum atomic E-state index is -0.411. The first-order chi connectivity index (χ1) is 7.77. The molecule has 0 aliphatic carbocycles. The number of rotatable bonds is 2. The van der Waals surface area contributed by atoms with Crippen LogP contribution in [0, 0.1) is 5.41 Å². The predicted molar refractivity (Wildman–Crippen MR) is 67.5 cm³/mol. The molecule has 1 rings (SSSR count). The van der Waals surface area contributed by atoms with Crippen LogP contribution in [-0.4, -0.2) is 35.3 Å². The van der Waals surface area contributed by atoms with Gasteiger partial charge in [-0.25, -0.2) is 0 Å². The molecule has 1 fully saturated rings. The monoisotopic (exact) mass is 240 g/mol. The Morgan fingerprint density at radius 3 is 2.41 bits per heavy atom. The average molecular weight is 240 g/mol. The fraction of sp³-hybridized carbons (Fsp3) is 0.846. The van der Waals surface area contributed by atoms with Gasteiger partial charge in [0.05, 0.1) is 0 Å². The van der Waals surface area contributed by atoms with Crippen molar-refractivity contribution in [3.63, 3.8) is 0 Å². The van der Waals surface area contributed by atoms with Crippen molar-refractivity contribution in [2.45, 2.75) is 59.5 Å². The summed E-state index contributed by atoms with van der Waals surface area (Å²) in [5.41, 5.74) is -0.247. The summed E-state index contributed by atoms with van der Waals surface area (Å²) in [7, 11) is 0. The van der Waals surface area contributed by atoms with E-state index in [4.69, 9.17) is 0 Å². The Kier molecular flexibility index (Phi) is 4.17. The molecule has 4 nitrogen and oxygen atoms in total. The first-order valence-electron chi connectivity index (χ1n) is 6.37. The van der Waals surface area contributed by atoms with E-state index in [1.807, 2.05) is 39.5 Å². The van der Waals surface area contributed by atoms with Crippen LogP contribution in [0.15, 0.2) is 0 Å². The summed E-state index contributed by atoms with van der Waals surface area (Å²) in [5, 5.41) is 2.86. The summed E-state index contributed by atoms with van der Waals surface area (Å²) in [6.07, 6.45) is 1.32. The fourth-order valence-corrected chi connectivity index (χ4v) is 2.20. The highest BCUT2D eigenvalue weighted by Crippen LogP contribution is 2.24.